The molecular formula is C124H154O15. The van der Waals surface area contributed by atoms with Gasteiger partial charge in [0, 0.05) is 81.8 Å². The van der Waals surface area contributed by atoms with Gasteiger partial charge in [0.25, 0.3) is 0 Å². The summed E-state index contributed by atoms with van der Waals surface area (Å²) in [7, 11) is 11.9. The monoisotopic (exact) mass is 1880 g/mol. The van der Waals surface area contributed by atoms with Crippen molar-refractivity contribution in [3.05, 3.63) is 263 Å². The third-order valence-electron chi connectivity index (χ3n) is 37.7. The van der Waals surface area contributed by atoms with E-state index in [9.17, 15) is 38.7 Å². The van der Waals surface area contributed by atoms with Gasteiger partial charge in [-0.1, -0.05) is 163 Å². The second kappa shape index (κ2) is 38.3. The van der Waals surface area contributed by atoms with Crippen molar-refractivity contribution in [2.45, 2.75) is 317 Å². The molecule has 14 aliphatic carbocycles. The van der Waals surface area contributed by atoms with Gasteiger partial charge >= 0.3 is 0 Å². The number of aliphatic hydroxyl groups excluding tert-OH is 1. The van der Waals surface area contributed by atoms with Crippen molar-refractivity contribution in [3.8, 4) is 40.2 Å². The molecule has 0 radical (unpaired) electrons. The maximum absolute atomic E-state index is 12.3. The first-order valence-electron chi connectivity index (χ1n) is 51.2. The fourth-order valence-corrected chi connectivity index (χ4v) is 29.1. The number of benzene rings is 7. The first-order chi connectivity index (χ1) is 65.5. The smallest absolute Gasteiger partial charge is 0.165 e. The van der Waals surface area contributed by atoms with Crippen LogP contribution < -0.4 is 33.2 Å². The Morgan fingerprint density at radius 1 is 0.288 bits per heavy atom. The standard InChI is InChI=1S/C18H20O3.3C18H24O2.C18H22O2.2C17H20O2/c1-17(2)15(20)7-8-18(3)13-10-12(21-4)6-5-11(13)9-14(19)16(17)18;4*1-17(2)15-8-6-12-5-7-13(20-4)11-14(12)18(15,3)10-9-16(17)19;2*1-11-14-7-5-12-4-6-13(19-3)10-15(12)17(14,2)9-8-16(11)18/h5-8,10,19H,9H2,1-4H3;3*5,7,11,15H,6,8-10H2,1-4H3;5,7,9-11,15H,6,8H2,1-4H3;2*4,6,10H,5,7-9H2,1-3H3/t18-;4*15-,18+;2*17-/m1100010/s1. The van der Waals surface area contributed by atoms with E-state index >= 15 is 0 Å². The molecule has 7 aromatic carbocycles. The minimum atomic E-state index is -0.686. The van der Waals surface area contributed by atoms with Crippen LogP contribution in [0.25, 0.3) is 0 Å². The van der Waals surface area contributed by atoms with Gasteiger partial charge in [0.05, 0.1) is 60.9 Å². The number of fused-ring (bicyclic) bond motifs is 21. The summed E-state index contributed by atoms with van der Waals surface area (Å²) in [6.07, 6.45) is 29.0. The highest BCUT2D eigenvalue weighted by molar-refractivity contribution is 6.01. The molecule has 7 aromatic rings. The number of ketones is 7. The average Bonchev–Trinajstić information content (AvgIpc) is 0.700. The number of rotatable bonds is 7. The molecule has 15 nitrogen and oxygen atoms in total. The highest BCUT2D eigenvalue weighted by Crippen LogP contribution is 2.62. The minimum absolute atomic E-state index is 0.0279. The van der Waals surface area contributed by atoms with Gasteiger partial charge < -0.3 is 38.3 Å². The summed E-state index contributed by atoms with van der Waals surface area (Å²) >= 11 is 0. The Labute approximate surface area is 828 Å². The van der Waals surface area contributed by atoms with Crippen LogP contribution in [0.4, 0.5) is 0 Å². The first-order valence-corrected chi connectivity index (χ1v) is 51.2. The predicted molar refractivity (Wildman–Crippen MR) is 553 cm³/mol. The number of aliphatic hydroxyl groups is 1. The average molecular weight is 1880 g/mol. The molecule has 740 valence electrons. The Morgan fingerprint density at radius 2 is 0.576 bits per heavy atom. The molecule has 0 amide bonds. The molecule has 0 saturated heterocycles. The zero-order chi connectivity index (χ0) is 101. The fraction of sp³-hybridized carbons (Fsp3) is 0.524. The number of Topliss-reactive ketones (excluding diaryl/α,β-unsaturated/α-hetero) is 5. The normalized spacial score (nSPS) is 29.0. The third kappa shape index (κ3) is 17.9. The van der Waals surface area contributed by atoms with Crippen LogP contribution in [0.5, 0.6) is 40.2 Å². The van der Waals surface area contributed by atoms with Crippen molar-refractivity contribution in [2.75, 3.05) is 49.8 Å². The molecule has 21 rings (SSSR count). The number of allylic oxidation sites excluding steroid dienone is 10. The zero-order valence-electron chi connectivity index (χ0n) is 88.2. The molecule has 0 heterocycles. The molecule has 14 aliphatic rings. The minimum Gasteiger partial charge on any atom is -0.512 e. The molecule has 11 atom stereocenters. The molecular weight excluding hydrogens is 1730 g/mol. The summed E-state index contributed by atoms with van der Waals surface area (Å²) in [4.78, 5) is 85.3. The fourth-order valence-electron chi connectivity index (χ4n) is 29.1. The highest BCUT2D eigenvalue weighted by Gasteiger charge is 2.59. The van der Waals surface area contributed by atoms with E-state index in [-0.39, 0.29) is 65.7 Å². The van der Waals surface area contributed by atoms with Crippen molar-refractivity contribution in [2.24, 2.45) is 50.7 Å². The van der Waals surface area contributed by atoms with Crippen LogP contribution in [-0.4, -0.2) is 95.4 Å². The van der Waals surface area contributed by atoms with E-state index in [0.717, 1.165) is 177 Å². The summed E-state index contributed by atoms with van der Waals surface area (Å²) < 4.78 is 37.7. The number of carbonyl (C=O) groups is 7. The largest absolute Gasteiger partial charge is 0.512 e. The molecule has 0 aromatic heterocycles. The van der Waals surface area contributed by atoms with Gasteiger partial charge in [0.15, 0.2) is 23.1 Å². The predicted octanol–water partition coefficient (Wildman–Crippen LogP) is 26.0. The van der Waals surface area contributed by atoms with Gasteiger partial charge in [-0.3, -0.25) is 33.6 Å². The van der Waals surface area contributed by atoms with Gasteiger partial charge in [-0.15, -0.1) is 0 Å². The summed E-state index contributed by atoms with van der Waals surface area (Å²) in [5.41, 5.74) is 22.8. The van der Waals surface area contributed by atoms with Gasteiger partial charge in [-0.2, -0.15) is 0 Å². The maximum atomic E-state index is 12.3. The van der Waals surface area contributed by atoms with E-state index in [1.807, 2.05) is 70.2 Å². The number of aryl methyl sites for hydroxylation is 6. The van der Waals surface area contributed by atoms with E-state index in [0.29, 0.717) is 96.9 Å². The van der Waals surface area contributed by atoms with Crippen LogP contribution in [0.15, 0.2) is 185 Å². The van der Waals surface area contributed by atoms with Crippen LogP contribution in [0.1, 0.15) is 312 Å². The summed E-state index contributed by atoms with van der Waals surface area (Å²) in [6, 6.07) is 44.4. The lowest BCUT2D eigenvalue weighted by molar-refractivity contribution is -0.137. The number of hydrogen-bond acceptors (Lipinski definition) is 15. The first kappa shape index (κ1) is 103. The summed E-state index contributed by atoms with van der Waals surface area (Å²) in [5, 5.41) is 10.6. The molecule has 0 aliphatic heterocycles. The van der Waals surface area contributed by atoms with Crippen LogP contribution in [0.3, 0.4) is 0 Å². The van der Waals surface area contributed by atoms with Gasteiger partial charge in [0.1, 0.15) is 57.6 Å². The Kier molecular flexibility index (Phi) is 28.3. The second-order valence-electron chi connectivity index (χ2n) is 46.7. The van der Waals surface area contributed by atoms with E-state index in [4.69, 9.17) is 33.2 Å². The lowest BCUT2D eigenvalue weighted by atomic mass is 9.50. The summed E-state index contributed by atoms with van der Waals surface area (Å²) in [5.74, 6) is 10.6. The lowest BCUT2D eigenvalue weighted by Gasteiger charge is -2.53. The highest BCUT2D eigenvalue weighted by atomic mass is 16.5. The summed E-state index contributed by atoms with van der Waals surface area (Å²) in [6.45, 7) is 40.7. The van der Waals surface area contributed by atoms with Crippen LogP contribution in [0.2, 0.25) is 0 Å². The van der Waals surface area contributed by atoms with E-state index in [1.54, 1.807) is 61.9 Å². The van der Waals surface area contributed by atoms with Crippen LogP contribution >= 0.6 is 0 Å². The molecule has 0 unspecified atom stereocenters. The van der Waals surface area contributed by atoms with Crippen molar-refractivity contribution >= 4 is 40.5 Å². The maximum Gasteiger partial charge on any atom is 0.165 e. The van der Waals surface area contributed by atoms with Gasteiger partial charge in [-0.05, 0) is 375 Å². The van der Waals surface area contributed by atoms with Gasteiger partial charge in [-0.25, -0.2) is 0 Å². The number of ether oxygens (including phenoxy) is 7. The Hall–Kier alpha value is -10.7. The van der Waals surface area contributed by atoms with Gasteiger partial charge in [0.2, 0.25) is 0 Å². The van der Waals surface area contributed by atoms with Crippen LogP contribution in [-0.2, 0) is 116 Å². The lowest BCUT2D eigenvalue weighted by Crippen LogP contribution is -2.52. The second-order valence-corrected chi connectivity index (χ2v) is 46.7. The SMILES string of the molecule is COc1ccc2c(c1)[C@@]1(C)C=CC(=O)C(C)(C)C1=C(O)C2.COc1ccc2c(c1)[C@@]1(C)C=CC(=O)C(C)(C)[C@@H]1CC2.COc1ccc2c(c1)[C@@]1(C)CCC(=O)C(C)(C)[C@@H]1CC2.COc1ccc2c(c1)[C@@]1(C)CCC(=O)C(C)(C)[C@@H]1CC2.COc1ccc2c(c1)[C@@]1(C)CCC(=O)C(C)=C1CC2.COc1ccc2c(c1)[C@]1(C)CCC(=O)C(C)(C)[C@H]1CC2.COc1ccc2c(c1)[C@]1(C)CCC(=O)C(C)=C1CC2. The van der Waals surface area contributed by atoms with E-state index in [1.165, 1.54) is 77.9 Å². The molecule has 15 heteroatoms. The van der Waals surface area contributed by atoms with Crippen LogP contribution in [0, 0.1) is 50.7 Å². The molecule has 139 heavy (non-hydrogen) atoms. The van der Waals surface area contributed by atoms with Crippen molar-refractivity contribution in [3.63, 3.8) is 0 Å². The van der Waals surface area contributed by atoms with E-state index in [2.05, 4.69) is 201 Å². The Balaban J connectivity index is 0.000000123. The molecule has 3 saturated carbocycles. The third-order valence-corrected chi connectivity index (χ3v) is 37.7. The Morgan fingerprint density at radius 3 is 0.914 bits per heavy atom. The molecule has 0 spiro atoms. The molecule has 3 fully saturated rings. The molecule has 0 bridgehead atoms. The number of hydrogen-bond donors (Lipinski definition) is 1. The zero-order valence-corrected chi connectivity index (χ0v) is 88.2. The van der Waals surface area contributed by atoms with Crippen molar-refractivity contribution in [1.29, 1.82) is 0 Å². The topological polar surface area (TPSA) is 204 Å². The Bertz CT molecular complexity index is 5870. The van der Waals surface area contributed by atoms with Crippen molar-refractivity contribution < 1.29 is 71.8 Å². The van der Waals surface area contributed by atoms with E-state index < -0.39 is 10.8 Å². The quantitative estimate of drug-likeness (QED) is 0.158. The van der Waals surface area contributed by atoms with Crippen molar-refractivity contribution in [1.82, 2.24) is 0 Å². The molecule has 1 N–H and O–H groups in total. The number of methoxy groups -OCH3 is 7. The number of carbonyl (C=O) groups excluding carboxylic acids is 7.